The van der Waals surface area contributed by atoms with E-state index in [2.05, 4.69) is 4.99 Å². The van der Waals surface area contributed by atoms with E-state index in [0.717, 1.165) is 11.3 Å². The van der Waals surface area contributed by atoms with Gasteiger partial charge in [0.25, 0.3) is 0 Å². The van der Waals surface area contributed by atoms with Gasteiger partial charge in [-0.2, -0.15) is 0 Å². The molecule has 0 saturated carbocycles. The van der Waals surface area contributed by atoms with Crippen molar-refractivity contribution in [2.45, 2.75) is 6.92 Å². The Morgan fingerprint density at radius 2 is 1.56 bits per heavy atom. The maximum absolute atomic E-state index is 9.13. The van der Waals surface area contributed by atoms with Gasteiger partial charge in [0.15, 0.2) is 0 Å². The maximum atomic E-state index is 9.13. The number of hydrogen-bond acceptors (Lipinski definition) is 2. The summed E-state index contributed by atoms with van der Waals surface area (Å²) in [5, 5.41) is 9.13. The van der Waals surface area contributed by atoms with E-state index < -0.39 is 0 Å². The number of phenols is 1. The lowest BCUT2D eigenvalue weighted by atomic mass is 10.2. The number of hydrogen-bond donors (Lipinski definition) is 1. The van der Waals surface area contributed by atoms with Gasteiger partial charge in [0, 0.05) is 6.21 Å². The van der Waals surface area contributed by atoms with Crippen molar-refractivity contribution < 1.29 is 5.11 Å². The maximum Gasteiger partial charge on any atom is 0.115 e. The van der Waals surface area contributed by atoms with Crippen LogP contribution in [-0.4, -0.2) is 11.3 Å². The van der Waals surface area contributed by atoms with Crippen molar-refractivity contribution >= 4 is 11.9 Å². The molecule has 0 unspecified atom stereocenters. The second kappa shape index (κ2) is 4.62. The summed E-state index contributed by atoms with van der Waals surface area (Å²) in [7, 11) is 0. The van der Waals surface area contributed by atoms with Crippen molar-refractivity contribution in [1.82, 2.24) is 0 Å². The first-order chi connectivity index (χ1) is 7.74. The van der Waals surface area contributed by atoms with Gasteiger partial charge in [0.2, 0.25) is 0 Å². The average Bonchev–Trinajstić information content (AvgIpc) is 2.30. The van der Waals surface area contributed by atoms with Gasteiger partial charge in [0.05, 0.1) is 5.69 Å². The average molecular weight is 211 g/mol. The molecular formula is C14H13NO. The van der Waals surface area contributed by atoms with Crippen LogP contribution in [0.1, 0.15) is 11.1 Å². The smallest absolute Gasteiger partial charge is 0.115 e. The molecule has 0 heterocycles. The molecule has 0 spiro atoms. The third-order valence-electron chi connectivity index (χ3n) is 2.29. The van der Waals surface area contributed by atoms with E-state index in [0.29, 0.717) is 0 Å². The third-order valence-corrected chi connectivity index (χ3v) is 2.29. The highest BCUT2D eigenvalue weighted by molar-refractivity contribution is 5.82. The molecule has 0 amide bonds. The second-order valence-electron chi connectivity index (χ2n) is 3.69. The zero-order valence-electron chi connectivity index (χ0n) is 9.09. The molecule has 2 rings (SSSR count). The predicted molar refractivity (Wildman–Crippen MR) is 66.5 cm³/mol. The molecule has 80 valence electrons. The van der Waals surface area contributed by atoms with Crippen LogP contribution in [0.3, 0.4) is 0 Å². The van der Waals surface area contributed by atoms with Gasteiger partial charge in [0.1, 0.15) is 5.75 Å². The number of rotatable bonds is 2. The molecule has 1 N–H and O–H groups in total. The first-order valence-electron chi connectivity index (χ1n) is 5.14. The summed E-state index contributed by atoms with van der Waals surface area (Å²) in [5.41, 5.74) is 3.13. The highest BCUT2D eigenvalue weighted by Crippen LogP contribution is 2.13. The van der Waals surface area contributed by atoms with Crippen LogP contribution in [0.25, 0.3) is 0 Å². The Morgan fingerprint density at radius 3 is 2.19 bits per heavy atom. The van der Waals surface area contributed by atoms with Crippen molar-refractivity contribution in [2.75, 3.05) is 0 Å². The lowest BCUT2D eigenvalue weighted by molar-refractivity contribution is 0.475. The van der Waals surface area contributed by atoms with E-state index in [4.69, 9.17) is 5.11 Å². The topological polar surface area (TPSA) is 32.6 Å². The summed E-state index contributed by atoms with van der Waals surface area (Å²) >= 11 is 0. The molecule has 2 aromatic rings. The van der Waals surface area contributed by atoms with Crippen LogP contribution in [-0.2, 0) is 0 Å². The standard InChI is InChI=1S/C14H13NO/c1-11-2-6-13(7-3-11)15-10-12-4-8-14(16)9-5-12/h2-10,16H,1H3. The molecular weight excluding hydrogens is 198 g/mol. The van der Waals surface area contributed by atoms with Crippen LogP contribution in [0.15, 0.2) is 53.5 Å². The molecule has 0 aromatic heterocycles. The van der Waals surface area contributed by atoms with Crippen LogP contribution in [0, 0.1) is 6.92 Å². The van der Waals surface area contributed by atoms with E-state index in [1.54, 1.807) is 18.3 Å². The van der Waals surface area contributed by atoms with Crippen LogP contribution in [0.2, 0.25) is 0 Å². The zero-order chi connectivity index (χ0) is 11.4. The number of aryl methyl sites for hydroxylation is 1. The highest BCUT2D eigenvalue weighted by Gasteiger charge is 1.90. The molecule has 16 heavy (non-hydrogen) atoms. The summed E-state index contributed by atoms with van der Waals surface area (Å²) < 4.78 is 0. The van der Waals surface area contributed by atoms with Crippen LogP contribution in [0.5, 0.6) is 5.75 Å². The SMILES string of the molecule is Cc1ccc(N=Cc2ccc(O)cc2)cc1. The summed E-state index contributed by atoms with van der Waals surface area (Å²) in [6.45, 7) is 2.05. The van der Waals surface area contributed by atoms with Gasteiger partial charge in [-0.15, -0.1) is 0 Å². The molecule has 2 nitrogen and oxygen atoms in total. The van der Waals surface area contributed by atoms with Crippen molar-refractivity contribution in [3.05, 3.63) is 59.7 Å². The van der Waals surface area contributed by atoms with Gasteiger partial charge < -0.3 is 5.11 Å². The molecule has 0 aliphatic heterocycles. The zero-order valence-corrected chi connectivity index (χ0v) is 9.09. The monoisotopic (exact) mass is 211 g/mol. The van der Waals surface area contributed by atoms with Crippen molar-refractivity contribution in [3.8, 4) is 5.75 Å². The first kappa shape index (κ1) is 10.4. The van der Waals surface area contributed by atoms with Crippen molar-refractivity contribution in [3.63, 3.8) is 0 Å². The Bertz CT molecular complexity index is 436. The van der Waals surface area contributed by atoms with Gasteiger partial charge in [-0.3, -0.25) is 4.99 Å². The number of aliphatic imine (C=N–C) groups is 1. The summed E-state index contributed by atoms with van der Waals surface area (Å²) in [6.07, 6.45) is 1.78. The van der Waals surface area contributed by atoms with Crippen LogP contribution >= 0.6 is 0 Å². The number of aromatic hydroxyl groups is 1. The van der Waals surface area contributed by atoms with E-state index in [1.807, 2.05) is 43.3 Å². The number of nitrogens with zero attached hydrogens (tertiary/aromatic N) is 1. The minimum absolute atomic E-state index is 0.271. The highest BCUT2D eigenvalue weighted by atomic mass is 16.3. The van der Waals surface area contributed by atoms with Crippen LogP contribution in [0.4, 0.5) is 5.69 Å². The largest absolute Gasteiger partial charge is 0.508 e. The molecule has 0 atom stereocenters. The Balaban J connectivity index is 2.15. The normalized spacial score (nSPS) is 10.8. The fourth-order valence-electron chi connectivity index (χ4n) is 1.34. The summed E-state index contributed by atoms with van der Waals surface area (Å²) in [4.78, 5) is 4.34. The van der Waals surface area contributed by atoms with E-state index in [9.17, 15) is 0 Å². The Kier molecular flexibility index (Phi) is 3.01. The van der Waals surface area contributed by atoms with Gasteiger partial charge in [-0.1, -0.05) is 17.7 Å². The lowest BCUT2D eigenvalue weighted by Gasteiger charge is -1.96. The predicted octanol–water partition coefficient (Wildman–Crippen LogP) is 3.45. The molecule has 0 bridgehead atoms. The molecule has 0 aliphatic carbocycles. The first-order valence-corrected chi connectivity index (χ1v) is 5.14. The lowest BCUT2D eigenvalue weighted by Crippen LogP contribution is -1.78. The minimum Gasteiger partial charge on any atom is -0.508 e. The number of phenolic OH excluding ortho intramolecular Hbond substituents is 1. The van der Waals surface area contributed by atoms with Gasteiger partial charge >= 0.3 is 0 Å². The quantitative estimate of drug-likeness (QED) is 0.758. The molecule has 0 aliphatic rings. The number of benzene rings is 2. The Morgan fingerprint density at radius 1 is 0.938 bits per heavy atom. The van der Waals surface area contributed by atoms with Gasteiger partial charge in [-0.25, -0.2) is 0 Å². The van der Waals surface area contributed by atoms with Crippen LogP contribution < -0.4 is 0 Å². The fraction of sp³-hybridized carbons (Fsp3) is 0.0714. The summed E-state index contributed by atoms with van der Waals surface area (Å²) in [5.74, 6) is 0.271. The fourth-order valence-corrected chi connectivity index (χ4v) is 1.34. The Hall–Kier alpha value is -2.09. The molecule has 2 aromatic carbocycles. The van der Waals surface area contributed by atoms with E-state index in [-0.39, 0.29) is 5.75 Å². The van der Waals surface area contributed by atoms with Crippen molar-refractivity contribution in [1.29, 1.82) is 0 Å². The summed E-state index contributed by atoms with van der Waals surface area (Å²) in [6, 6.07) is 15.0. The van der Waals surface area contributed by atoms with E-state index in [1.165, 1.54) is 5.56 Å². The molecule has 0 saturated heterocycles. The third kappa shape index (κ3) is 2.70. The molecule has 0 fully saturated rings. The minimum atomic E-state index is 0.271. The van der Waals surface area contributed by atoms with E-state index >= 15 is 0 Å². The van der Waals surface area contributed by atoms with Gasteiger partial charge in [-0.05, 0) is 48.9 Å². The molecule has 2 heteroatoms. The Labute approximate surface area is 94.9 Å². The van der Waals surface area contributed by atoms with Crippen molar-refractivity contribution in [2.24, 2.45) is 4.99 Å². The second-order valence-corrected chi connectivity index (χ2v) is 3.69. The molecule has 0 radical (unpaired) electrons.